The summed E-state index contributed by atoms with van der Waals surface area (Å²) in [5.74, 6) is 4.59. The highest BCUT2D eigenvalue weighted by molar-refractivity contribution is 5.84. The van der Waals surface area contributed by atoms with Crippen molar-refractivity contribution in [3.63, 3.8) is 0 Å². The third kappa shape index (κ3) is 5.02. The zero-order chi connectivity index (χ0) is 10.4. The summed E-state index contributed by atoms with van der Waals surface area (Å²) in [6.45, 7) is 3.78. The molecule has 13 heavy (non-hydrogen) atoms. The highest BCUT2D eigenvalue weighted by atomic mass is 16.4. The largest absolute Gasteiger partial charge is 0.465 e. The standard InChI is InChI=1S/C7H15N3O3/c1-4(2)3-5(6(11)10-8)9-7(12)13/h4-5,9H,3,8H2,1-2H3,(H,10,11)(H,12,13)/t5-/m0/s1. The van der Waals surface area contributed by atoms with E-state index in [9.17, 15) is 9.59 Å². The Morgan fingerprint density at radius 2 is 2.00 bits per heavy atom. The molecule has 0 saturated heterocycles. The van der Waals surface area contributed by atoms with Gasteiger partial charge < -0.3 is 10.4 Å². The molecule has 0 fully saturated rings. The highest BCUT2D eigenvalue weighted by Gasteiger charge is 2.20. The monoisotopic (exact) mass is 189 g/mol. The van der Waals surface area contributed by atoms with Gasteiger partial charge in [-0.2, -0.15) is 0 Å². The molecular weight excluding hydrogens is 174 g/mol. The van der Waals surface area contributed by atoms with Gasteiger partial charge in [0.1, 0.15) is 6.04 Å². The second-order valence-corrected chi connectivity index (χ2v) is 3.14. The molecule has 0 radical (unpaired) electrons. The summed E-state index contributed by atoms with van der Waals surface area (Å²) < 4.78 is 0. The lowest BCUT2D eigenvalue weighted by molar-refractivity contribution is -0.123. The highest BCUT2D eigenvalue weighted by Crippen LogP contribution is 2.04. The number of amides is 2. The topological polar surface area (TPSA) is 104 Å². The van der Waals surface area contributed by atoms with Gasteiger partial charge in [-0.3, -0.25) is 10.2 Å². The van der Waals surface area contributed by atoms with Crippen LogP contribution in [0.2, 0.25) is 0 Å². The Morgan fingerprint density at radius 3 is 2.31 bits per heavy atom. The average Bonchev–Trinajstić information content (AvgIpc) is 2.00. The first kappa shape index (κ1) is 11.7. The Balaban J connectivity index is 4.18. The molecule has 0 aliphatic rings. The summed E-state index contributed by atoms with van der Waals surface area (Å²) in [7, 11) is 0. The summed E-state index contributed by atoms with van der Waals surface area (Å²) in [5, 5.41) is 10.5. The fraction of sp³-hybridized carbons (Fsp3) is 0.714. The van der Waals surface area contributed by atoms with Gasteiger partial charge in [0.2, 0.25) is 0 Å². The molecule has 0 rings (SSSR count). The molecule has 0 saturated carbocycles. The van der Waals surface area contributed by atoms with Crippen molar-refractivity contribution in [3.05, 3.63) is 0 Å². The molecule has 0 aliphatic carbocycles. The number of carbonyl (C=O) groups is 2. The molecule has 0 heterocycles. The van der Waals surface area contributed by atoms with Crippen molar-refractivity contribution in [2.24, 2.45) is 11.8 Å². The van der Waals surface area contributed by atoms with Gasteiger partial charge in [0.25, 0.3) is 5.91 Å². The predicted molar refractivity (Wildman–Crippen MR) is 46.7 cm³/mol. The maximum absolute atomic E-state index is 11.0. The van der Waals surface area contributed by atoms with Crippen molar-refractivity contribution >= 4 is 12.0 Å². The van der Waals surface area contributed by atoms with Gasteiger partial charge in [0, 0.05) is 0 Å². The number of hydrogen-bond acceptors (Lipinski definition) is 3. The number of hydrazine groups is 1. The van der Waals surface area contributed by atoms with Crippen molar-refractivity contribution in [1.82, 2.24) is 10.7 Å². The lowest BCUT2D eigenvalue weighted by atomic mass is 10.0. The Bertz CT molecular complexity index is 193. The molecule has 0 unspecified atom stereocenters. The molecule has 0 aliphatic heterocycles. The van der Waals surface area contributed by atoms with Gasteiger partial charge >= 0.3 is 6.09 Å². The average molecular weight is 189 g/mol. The van der Waals surface area contributed by atoms with E-state index in [1.54, 1.807) is 0 Å². The predicted octanol–water partition coefficient (Wildman–Crippen LogP) is -0.341. The van der Waals surface area contributed by atoms with Crippen molar-refractivity contribution < 1.29 is 14.7 Å². The maximum Gasteiger partial charge on any atom is 0.405 e. The zero-order valence-electron chi connectivity index (χ0n) is 7.70. The summed E-state index contributed by atoms with van der Waals surface area (Å²) in [6.07, 6.45) is -0.802. The minimum atomic E-state index is -1.23. The first-order chi connectivity index (χ1) is 5.97. The molecule has 5 N–H and O–H groups in total. The van der Waals surface area contributed by atoms with E-state index in [2.05, 4.69) is 5.32 Å². The minimum Gasteiger partial charge on any atom is -0.465 e. The Hall–Kier alpha value is -1.30. The van der Waals surface area contributed by atoms with E-state index in [-0.39, 0.29) is 5.92 Å². The Labute approximate surface area is 76.5 Å². The van der Waals surface area contributed by atoms with Gasteiger partial charge in [-0.1, -0.05) is 13.8 Å². The quantitative estimate of drug-likeness (QED) is 0.276. The van der Waals surface area contributed by atoms with Crippen LogP contribution in [-0.2, 0) is 4.79 Å². The number of carbonyl (C=O) groups excluding carboxylic acids is 1. The second kappa shape index (κ2) is 5.36. The fourth-order valence-corrected chi connectivity index (χ4v) is 0.953. The third-order valence-corrected chi connectivity index (χ3v) is 1.46. The SMILES string of the molecule is CC(C)C[C@H](NC(=O)O)C(=O)NN. The zero-order valence-corrected chi connectivity index (χ0v) is 7.70. The van der Waals surface area contributed by atoms with Gasteiger partial charge in [-0.05, 0) is 12.3 Å². The van der Waals surface area contributed by atoms with Crippen LogP contribution in [-0.4, -0.2) is 23.1 Å². The molecule has 0 aromatic rings. The van der Waals surface area contributed by atoms with Crippen LogP contribution in [0.15, 0.2) is 0 Å². The smallest absolute Gasteiger partial charge is 0.405 e. The third-order valence-electron chi connectivity index (χ3n) is 1.46. The van der Waals surface area contributed by atoms with Crippen LogP contribution in [0.4, 0.5) is 4.79 Å². The molecule has 2 amide bonds. The molecule has 0 bridgehead atoms. The fourth-order valence-electron chi connectivity index (χ4n) is 0.953. The van der Waals surface area contributed by atoms with Gasteiger partial charge in [-0.15, -0.1) is 0 Å². The van der Waals surface area contributed by atoms with E-state index in [0.717, 1.165) is 0 Å². The van der Waals surface area contributed by atoms with Crippen LogP contribution >= 0.6 is 0 Å². The molecule has 0 aromatic heterocycles. The molecule has 76 valence electrons. The molecule has 0 spiro atoms. The Kier molecular flexibility index (Phi) is 4.83. The summed E-state index contributed by atoms with van der Waals surface area (Å²) in [4.78, 5) is 21.3. The molecular formula is C7H15N3O3. The first-order valence-corrected chi connectivity index (χ1v) is 3.97. The maximum atomic E-state index is 11.0. The second-order valence-electron chi connectivity index (χ2n) is 3.14. The summed E-state index contributed by atoms with van der Waals surface area (Å²) in [5.41, 5.74) is 1.91. The number of hydrogen-bond donors (Lipinski definition) is 4. The van der Waals surface area contributed by atoms with Crippen molar-refractivity contribution in [1.29, 1.82) is 0 Å². The molecule has 6 nitrogen and oxygen atoms in total. The van der Waals surface area contributed by atoms with E-state index >= 15 is 0 Å². The molecule has 0 aromatic carbocycles. The minimum absolute atomic E-state index is 0.217. The van der Waals surface area contributed by atoms with Crippen molar-refractivity contribution in [2.45, 2.75) is 26.3 Å². The van der Waals surface area contributed by atoms with Crippen LogP contribution in [0.3, 0.4) is 0 Å². The summed E-state index contributed by atoms with van der Waals surface area (Å²) >= 11 is 0. The molecule has 1 atom stereocenters. The first-order valence-electron chi connectivity index (χ1n) is 3.97. The van der Waals surface area contributed by atoms with Crippen LogP contribution in [0.5, 0.6) is 0 Å². The van der Waals surface area contributed by atoms with Crippen LogP contribution in [0.1, 0.15) is 20.3 Å². The van der Waals surface area contributed by atoms with Gasteiger partial charge in [0.05, 0.1) is 0 Å². The lowest BCUT2D eigenvalue weighted by Crippen LogP contribution is -2.49. The lowest BCUT2D eigenvalue weighted by Gasteiger charge is -2.16. The van der Waals surface area contributed by atoms with Gasteiger partial charge in [0.15, 0.2) is 0 Å². The van der Waals surface area contributed by atoms with E-state index in [1.165, 1.54) is 0 Å². The Morgan fingerprint density at radius 1 is 1.46 bits per heavy atom. The van der Waals surface area contributed by atoms with Gasteiger partial charge in [-0.25, -0.2) is 10.6 Å². The number of nitrogens with two attached hydrogens (primary N) is 1. The normalized spacial score (nSPS) is 12.3. The van der Waals surface area contributed by atoms with E-state index in [1.807, 2.05) is 19.3 Å². The van der Waals surface area contributed by atoms with Crippen molar-refractivity contribution in [2.75, 3.05) is 0 Å². The van der Waals surface area contributed by atoms with E-state index in [0.29, 0.717) is 6.42 Å². The molecule has 6 heteroatoms. The van der Waals surface area contributed by atoms with E-state index < -0.39 is 18.0 Å². The van der Waals surface area contributed by atoms with Crippen LogP contribution in [0.25, 0.3) is 0 Å². The van der Waals surface area contributed by atoms with Crippen molar-refractivity contribution in [3.8, 4) is 0 Å². The van der Waals surface area contributed by atoms with Crippen LogP contribution in [0, 0.1) is 5.92 Å². The number of carboxylic acid groups (broad SMARTS) is 1. The van der Waals surface area contributed by atoms with E-state index in [4.69, 9.17) is 10.9 Å². The number of nitrogens with one attached hydrogen (secondary N) is 2. The van der Waals surface area contributed by atoms with Crippen LogP contribution < -0.4 is 16.6 Å². The summed E-state index contributed by atoms with van der Waals surface area (Å²) in [6, 6.07) is -0.775. The number of rotatable bonds is 4.